The molecular weight excluding hydrogens is 312 g/mol. The van der Waals surface area contributed by atoms with Crippen LogP contribution in [-0.2, 0) is 0 Å². The lowest BCUT2D eigenvalue weighted by Crippen LogP contribution is -1.88. The molecule has 0 amide bonds. The van der Waals surface area contributed by atoms with E-state index in [-0.39, 0.29) is 0 Å². The number of hydrogen-bond acceptors (Lipinski definition) is 0. The monoisotopic (exact) mass is 313 g/mol. The average molecular weight is 316 g/mol. The van der Waals surface area contributed by atoms with Gasteiger partial charge < -0.3 is 0 Å². The molecular formula is C6H4Br3. The van der Waals surface area contributed by atoms with Crippen molar-refractivity contribution in [2.45, 2.75) is 6.42 Å². The third kappa shape index (κ3) is 2.56. The minimum Gasteiger partial charge on any atom is -0.0784 e. The standard InChI is InChI=1S/C6H4Br3/c7-4-1-5(8)3-6(9)2-4/h1-2H,3H2. The van der Waals surface area contributed by atoms with Crippen LogP contribution in [0.1, 0.15) is 6.42 Å². The fourth-order valence-corrected chi connectivity index (χ4v) is 3.24. The summed E-state index contributed by atoms with van der Waals surface area (Å²) in [4.78, 5) is 1.20. The lowest BCUT2D eigenvalue weighted by atomic mass is 10.2. The molecule has 0 atom stereocenters. The molecule has 0 aromatic heterocycles. The van der Waals surface area contributed by atoms with Crippen molar-refractivity contribution < 1.29 is 0 Å². The van der Waals surface area contributed by atoms with Gasteiger partial charge in [0.1, 0.15) is 0 Å². The Labute approximate surface area is 79.8 Å². The van der Waals surface area contributed by atoms with Gasteiger partial charge in [-0.15, -0.1) is 0 Å². The molecule has 0 bridgehead atoms. The van der Waals surface area contributed by atoms with Gasteiger partial charge in [-0.1, -0.05) is 53.9 Å². The highest BCUT2D eigenvalue weighted by atomic mass is 79.9. The second-order valence-electron chi connectivity index (χ2n) is 1.74. The van der Waals surface area contributed by atoms with Gasteiger partial charge in [0, 0.05) is 4.48 Å². The molecule has 0 aromatic rings. The second kappa shape index (κ2) is 3.35. The van der Waals surface area contributed by atoms with Gasteiger partial charge >= 0.3 is 0 Å². The first kappa shape index (κ1) is 8.02. The summed E-state index contributed by atoms with van der Waals surface area (Å²) in [5, 5.41) is 0. The van der Waals surface area contributed by atoms with Gasteiger partial charge in [-0.2, -0.15) is 0 Å². The summed E-state index contributed by atoms with van der Waals surface area (Å²) in [6.07, 6.45) is 5.06. The first-order valence-electron chi connectivity index (χ1n) is 2.43. The highest BCUT2D eigenvalue weighted by Crippen LogP contribution is 2.33. The lowest BCUT2D eigenvalue weighted by molar-refractivity contribution is 1.21. The van der Waals surface area contributed by atoms with Crippen molar-refractivity contribution >= 4 is 47.8 Å². The number of hydrogen-bond donors (Lipinski definition) is 0. The molecule has 1 aliphatic rings. The van der Waals surface area contributed by atoms with Crippen LogP contribution < -0.4 is 0 Å². The van der Waals surface area contributed by atoms with Crippen LogP contribution in [0.25, 0.3) is 0 Å². The van der Waals surface area contributed by atoms with Crippen LogP contribution in [0.3, 0.4) is 0 Å². The SMILES string of the molecule is Br[C]1C=C(Br)C=C(Br)C1. The zero-order chi connectivity index (χ0) is 6.85. The van der Waals surface area contributed by atoms with Crippen LogP contribution in [0, 0.1) is 4.83 Å². The van der Waals surface area contributed by atoms with Crippen molar-refractivity contribution in [2.75, 3.05) is 0 Å². The van der Waals surface area contributed by atoms with E-state index < -0.39 is 0 Å². The molecule has 0 aliphatic heterocycles. The van der Waals surface area contributed by atoms with E-state index in [1.165, 1.54) is 9.31 Å². The minimum atomic E-state index is 0.967. The van der Waals surface area contributed by atoms with Crippen molar-refractivity contribution in [1.82, 2.24) is 0 Å². The zero-order valence-corrected chi connectivity index (χ0v) is 9.25. The van der Waals surface area contributed by atoms with E-state index in [0.717, 1.165) is 10.9 Å². The summed E-state index contributed by atoms with van der Waals surface area (Å²) in [6.45, 7) is 0. The Morgan fingerprint density at radius 1 is 1.11 bits per heavy atom. The summed E-state index contributed by atoms with van der Waals surface area (Å²) < 4.78 is 2.30. The Hall–Kier alpha value is 0.920. The summed E-state index contributed by atoms with van der Waals surface area (Å²) in [6, 6.07) is 0. The summed E-state index contributed by atoms with van der Waals surface area (Å²) in [5.74, 6) is 0. The number of allylic oxidation sites excluding steroid dienone is 4. The van der Waals surface area contributed by atoms with Crippen LogP contribution in [-0.4, -0.2) is 0 Å². The fourth-order valence-electron chi connectivity index (χ4n) is 0.604. The van der Waals surface area contributed by atoms with E-state index in [1.807, 2.05) is 12.2 Å². The van der Waals surface area contributed by atoms with E-state index in [4.69, 9.17) is 0 Å². The molecule has 0 aromatic carbocycles. The second-order valence-corrected chi connectivity index (χ2v) is 4.70. The highest BCUT2D eigenvalue weighted by molar-refractivity contribution is 9.12. The van der Waals surface area contributed by atoms with E-state index in [9.17, 15) is 0 Å². The third-order valence-corrected chi connectivity index (χ3v) is 2.40. The molecule has 9 heavy (non-hydrogen) atoms. The Morgan fingerprint density at radius 2 is 1.78 bits per heavy atom. The molecule has 0 spiro atoms. The number of rotatable bonds is 0. The number of halogens is 3. The molecule has 0 fully saturated rings. The maximum absolute atomic E-state index is 3.41. The maximum Gasteiger partial charge on any atom is 0.0687 e. The molecule has 0 saturated carbocycles. The van der Waals surface area contributed by atoms with Gasteiger partial charge in [0.25, 0.3) is 0 Å². The average Bonchev–Trinajstić information content (AvgIpc) is 1.59. The first-order chi connectivity index (χ1) is 4.18. The van der Waals surface area contributed by atoms with Gasteiger partial charge in [0.2, 0.25) is 0 Å². The molecule has 0 heterocycles. The van der Waals surface area contributed by atoms with E-state index in [2.05, 4.69) is 47.8 Å². The Bertz CT molecular complexity index is 169. The molecule has 1 rings (SSSR count). The van der Waals surface area contributed by atoms with Gasteiger partial charge in [-0.05, 0) is 17.0 Å². The van der Waals surface area contributed by atoms with Gasteiger partial charge in [-0.25, -0.2) is 0 Å². The van der Waals surface area contributed by atoms with Gasteiger partial charge in [0.05, 0.1) is 4.83 Å². The quantitative estimate of drug-likeness (QED) is 0.636. The highest BCUT2D eigenvalue weighted by Gasteiger charge is 2.09. The fraction of sp³-hybridized carbons (Fsp3) is 0.167. The smallest absolute Gasteiger partial charge is 0.0687 e. The third-order valence-electron chi connectivity index (χ3n) is 0.927. The predicted octanol–water partition coefficient (Wildman–Crippen LogP) is 3.87. The Balaban J connectivity index is 2.74. The molecule has 0 nitrogen and oxygen atoms in total. The van der Waals surface area contributed by atoms with Gasteiger partial charge in [0.15, 0.2) is 0 Å². The predicted molar refractivity (Wildman–Crippen MR) is 50.8 cm³/mol. The van der Waals surface area contributed by atoms with Crippen molar-refractivity contribution in [2.24, 2.45) is 0 Å². The largest absolute Gasteiger partial charge is 0.0784 e. The maximum atomic E-state index is 3.41. The molecule has 1 aliphatic carbocycles. The summed E-state index contributed by atoms with van der Waals surface area (Å²) in [7, 11) is 0. The minimum absolute atomic E-state index is 0.967. The van der Waals surface area contributed by atoms with Crippen LogP contribution in [0.4, 0.5) is 0 Å². The van der Waals surface area contributed by atoms with Crippen LogP contribution >= 0.6 is 47.8 Å². The zero-order valence-electron chi connectivity index (χ0n) is 4.50. The lowest BCUT2D eigenvalue weighted by Gasteiger charge is -2.08. The molecule has 49 valence electrons. The van der Waals surface area contributed by atoms with Crippen LogP contribution in [0.15, 0.2) is 21.1 Å². The normalized spacial score (nSPS) is 21.2. The summed E-state index contributed by atoms with van der Waals surface area (Å²) in [5.41, 5.74) is 0. The van der Waals surface area contributed by atoms with Gasteiger partial charge in [-0.3, -0.25) is 0 Å². The van der Waals surface area contributed by atoms with Crippen molar-refractivity contribution in [1.29, 1.82) is 0 Å². The molecule has 0 unspecified atom stereocenters. The molecule has 3 heteroatoms. The van der Waals surface area contributed by atoms with Crippen LogP contribution in [0.5, 0.6) is 0 Å². The molecule has 0 saturated heterocycles. The van der Waals surface area contributed by atoms with Crippen molar-refractivity contribution in [3.8, 4) is 0 Å². The Kier molecular flexibility index (Phi) is 2.99. The first-order valence-corrected chi connectivity index (χ1v) is 4.81. The molecule has 0 N–H and O–H groups in total. The van der Waals surface area contributed by atoms with E-state index >= 15 is 0 Å². The Morgan fingerprint density at radius 3 is 2.22 bits per heavy atom. The molecule has 1 radical (unpaired) electrons. The summed E-state index contributed by atoms with van der Waals surface area (Å²) >= 11 is 10.2. The van der Waals surface area contributed by atoms with Crippen molar-refractivity contribution in [3.63, 3.8) is 0 Å². The van der Waals surface area contributed by atoms with E-state index in [0.29, 0.717) is 0 Å². The topological polar surface area (TPSA) is 0 Å². The van der Waals surface area contributed by atoms with E-state index in [1.54, 1.807) is 0 Å². The van der Waals surface area contributed by atoms with Crippen LogP contribution in [0.2, 0.25) is 0 Å². The van der Waals surface area contributed by atoms with Crippen molar-refractivity contribution in [3.05, 3.63) is 25.9 Å².